The summed E-state index contributed by atoms with van der Waals surface area (Å²) in [4.78, 5) is 11.8. The van der Waals surface area contributed by atoms with Crippen LogP contribution in [0.4, 0.5) is 0 Å². The molecule has 4 heteroatoms. The summed E-state index contributed by atoms with van der Waals surface area (Å²) in [5.41, 5.74) is 0. The smallest absolute Gasteiger partial charge is 0.220 e. The molecule has 98 valence electrons. The van der Waals surface area contributed by atoms with Gasteiger partial charge in [0.25, 0.3) is 0 Å². The third-order valence-electron chi connectivity index (χ3n) is 3.97. The molecule has 4 nitrogen and oxygen atoms in total. The number of carbonyl (C=O) groups excluding carboxylic acids is 1. The number of piperidine rings is 1. The van der Waals surface area contributed by atoms with Crippen LogP contribution in [0.15, 0.2) is 0 Å². The average Bonchev–Trinajstić information content (AvgIpc) is 2.74. The van der Waals surface area contributed by atoms with E-state index in [1.54, 1.807) is 0 Å². The van der Waals surface area contributed by atoms with Crippen LogP contribution in [0.3, 0.4) is 0 Å². The van der Waals surface area contributed by atoms with Crippen molar-refractivity contribution >= 4 is 5.91 Å². The molecular weight excluding hydrogens is 216 g/mol. The molecule has 0 aromatic carbocycles. The maximum Gasteiger partial charge on any atom is 0.220 e. The summed E-state index contributed by atoms with van der Waals surface area (Å²) in [6.07, 6.45) is 4.43. The molecule has 2 saturated heterocycles. The van der Waals surface area contributed by atoms with Crippen molar-refractivity contribution in [1.82, 2.24) is 10.6 Å². The monoisotopic (exact) mass is 240 g/mol. The van der Waals surface area contributed by atoms with Gasteiger partial charge in [0.1, 0.15) is 0 Å². The highest BCUT2D eigenvalue weighted by atomic mass is 16.5. The summed E-state index contributed by atoms with van der Waals surface area (Å²) in [6.45, 7) is 5.81. The van der Waals surface area contributed by atoms with Gasteiger partial charge in [-0.2, -0.15) is 0 Å². The van der Waals surface area contributed by atoms with E-state index in [4.69, 9.17) is 4.74 Å². The fourth-order valence-electron chi connectivity index (χ4n) is 2.72. The van der Waals surface area contributed by atoms with Crippen LogP contribution in [0.1, 0.15) is 32.6 Å². The molecule has 2 heterocycles. The molecule has 0 saturated carbocycles. The lowest BCUT2D eigenvalue weighted by Crippen LogP contribution is -2.36. The zero-order chi connectivity index (χ0) is 12.1. The van der Waals surface area contributed by atoms with Gasteiger partial charge >= 0.3 is 0 Å². The Bertz CT molecular complexity index is 252. The highest BCUT2D eigenvalue weighted by Crippen LogP contribution is 2.19. The van der Waals surface area contributed by atoms with Crippen LogP contribution in [-0.2, 0) is 9.53 Å². The molecule has 2 rings (SSSR count). The Morgan fingerprint density at radius 3 is 3.00 bits per heavy atom. The second kappa shape index (κ2) is 6.36. The van der Waals surface area contributed by atoms with Crippen LogP contribution in [0.2, 0.25) is 0 Å². The van der Waals surface area contributed by atoms with Crippen LogP contribution in [0.25, 0.3) is 0 Å². The van der Waals surface area contributed by atoms with Crippen LogP contribution >= 0.6 is 0 Å². The molecule has 0 aromatic rings. The Morgan fingerprint density at radius 2 is 2.35 bits per heavy atom. The highest BCUT2D eigenvalue weighted by Gasteiger charge is 2.25. The molecule has 0 aliphatic carbocycles. The van der Waals surface area contributed by atoms with E-state index < -0.39 is 0 Å². The fourth-order valence-corrected chi connectivity index (χ4v) is 2.72. The van der Waals surface area contributed by atoms with Gasteiger partial charge in [-0.15, -0.1) is 0 Å². The van der Waals surface area contributed by atoms with Gasteiger partial charge in [0, 0.05) is 25.5 Å². The number of rotatable bonds is 4. The molecule has 2 aliphatic rings. The average molecular weight is 240 g/mol. The van der Waals surface area contributed by atoms with E-state index >= 15 is 0 Å². The fraction of sp³-hybridized carbons (Fsp3) is 0.923. The van der Waals surface area contributed by atoms with Crippen molar-refractivity contribution in [2.45, 2.75) is 38.7 Å². The molecule has 0 bridgehead atoms. The summed E-state index contributed by atoms with van der Waals surface area (Å²) in [5, 5.41) is 6.40. The lowest BCUT2D eigenvalue weighted by molar-refractivity contribution is -0.122. The first-order chi connectivity index (χ1) is 8.25. The van der Waals surface area contributed by atoms with Gasteiger partial charge in [0.05, 0.1) is 6.10 Å². The minimum atomic E-state index is 0.206. The van der Waals surface area contributed by atoms with Crippen molar-refractivity contribution in [3.8, 4) is 0 Å². The second-order valence-electron chi connectivity index (χ2n) is 5.35. The van der Waals surface area contributed by atoms with Gasteiger partial charge in [-0.3, -0.25) is 4.79 Å². The quantitative estimate of drug-likeness (QED) is 0.768. The van der Waals surface area contributed by atoms with E-state index in [-0.39, 0.29) is 5.91 Å². The van der Waals surface area contributed by atoms with Crippen molar-refractivity contribution in [2.75, 3.05) is 26.2 Å². The SMILES string of the molecule is CC1OCCC1CNC(=O)CC1CCCNC1. The molecule has 0 spiro atoms. The van der Waals surface area contributed by atoms with Gasteiger partial charge in [0.15, 0.2) is 0 Å². The van der Waals surface area contributed by atoms with Crippen molar-refractivity contribution in [3.63, 3.8) is 0 Å². The van der Waals surface area contributed by atoms with E-state index in [0.29, 0.717) is 24.4 Å². The van der Waals surface area contributed by atoms with E-state index in [0.717, 1.165) is 32.7 Å². The van der Waals surface area contributed by atoms with Crippen LogP contribution in [0.5, 0.6) is 0 Å². The predicted molar refractivity (Wildman–Crippen MR) is 66.7 cm³/mol. The van der Waals surface area contributed by atoms with Crippen molar-refractivity contribution in [3.05, 3.63) is 0 Å². The third-order valence-corrected chi connectivity index (χ3v) is 3.97. The Labute approximate surface area is 103 Å². The summed E-state index contributed by atoms with van der Waals surface area (Å²) in [7, 11) is 0. The van der Waals surface area contributed by atoms with E-state index in [2.05, 4.69) is 17.6 Å². The van der Waals surface area contributed by atoms with Crippen molar-refractivity contribution in [1.29, 1.82) is 0 Å². The van der Waals surface area contributed by atoms with E-state index in [1.165, 1.54) is 12.8 Å². The Hall–Kier alpha value is -0.610. The largest absolute Gasteiger partial charge is 0.378 e. The lowest BCUT2D eigenvalue weighted by Gasteiger charge is -2.22. The second-order valence-corrected chi connectivity index (χ2v) is 5.35. The predicted octanol–water partition coefficient (Wildman–Crippen LogP) is 0.917. The molecular formula is C13H24N2O2. The summed E-state index contributed by atoms with van der Waals surface area (Å²) in [5.74, 6) is 1.24. The maximum absolute atomic E-state index is 11.8. The zero-order valence-corrected chi connectivity index (χ0v) is 10.7. The molecule has 2 aliphatic heterocycles. The van der Waals surface area contributed by atoms with Crippen LogP contribution in [0, 0.1) is 11.8 Å². The number of hydrogen-bond acceptors (Lipinski definition) is 3. The Morgan fingerprint density at radius 1 is 1.47 bits per heavy atom. The van der Waals surface area contributed by atoms with Crippen LogP contribution in [-0.4, -0.2) is 38.3 Å². The van der Waals surface area contributed by atoms with Crippen molar-refractivity contribution < 1.29 is 9.53 Å². The third kappa shape index (κ3) is 3.96. The minimum absolute atomic E-state index is 0.206. The Balaban J connectivity index is 1.63. The van der Waals surface area contributed by atoms with Crippen molar-refractivity contribution in [2.24, 2.45) is 11.8 Å². The Kier molecular flexibility index (Phi) is 4.80. The summed E-state index contributed by atoms with van der Waals surface area (Å²) < 4.78 is 5.49. The molecule has 2 fully saturated rings. The summed E-state index contributed by atoms with van der Waals surface area (Å²) >= 11 is 0. The topological polar surface area (TPSA) is 50.4 Å². The van der Waals surface area contributed by atoms with E-state index in [9.17, 15) is 4.79 Å². The standard InChI is InChI=1S/C13H24N2O2/c1-10-12(4-6-17-10)9-15-13(16)7-11-3-2-5-14-8-11/h10-12,14H,2-9H2,1H3,(H,15,16). The molecule has 0 radical (unpaired) electrons. The minimum Gasteiger partial charge on any atom is -0.378 e. The number of hydrogen-bond donors (Lipinski definition) is 2. The van der Waals surface area contributed by atoms with Gasteiger partial charge in [-0.05, 0) is 45.2 Å². The molecule has 1 amide bonds. The summed E-state index contributed by atoms with van der Waals surface area (Å²) in [6, 6.07) is 0. The van der Waals surface area contributed by atoms with Gasteiger partial charge < -0.3 is 15.4 Å². The normalized spacial score (nSPS) is 33.6. The zero-order valence-electron chi connectivity index (χ0n) is 10.7. The first kappa shape index (κ1) is 12.8. The molecule has 17 heavy (non-hydrogen) atoms. The molecule has 2 N–H and O–H groups in total. The van der Waals surface area contributed by atoms with Gasteiger partial charge in [0.2, 0.25) is 5.91 Å². The molecule has 3 atom stereocenters. The van der Waals surface area contributed by atoms with Gasteiger partial charge in [-0.25, -0.2) is 0 Å². The van der Waals surface area contributed by atoms with E-state index in [1.807, 2.05) is 0 Å². The number of ether oxygens (including phenoxy) is 1. The number of nitrogens with one attached hydrogen (secondary N) is 2. The number of carbonyl (C=O) groups is 1. The lowest BCUT2D eigenvalue weighted by atomic mass is 9.95. The highest BCUT2D eigenvalue weighted by molar-refractivity contribution is 5.76. The number of amides is 1. The molecule has 0 aromatic heterocycles. The molecule has 3 unspecified atom stereocenters. The van der Waals surface area contributed by atoms with Crippen LogP contribution < -0.4 is 10.6 Å². The first-order valence-corrected chi connectivity index (χ1v) is 6.84. The van der Waals surface area contributed by atoms with Gasteiger partial charge in [-0.1, -0.05) is 0 Å². The first-order valence-electron chi connectivity index (χ1n) is 6.84. The maximum atomic E-state index is 11.8.